The van der Waals surface area contributed by atoms with Crippen molar-refractivity contribution in [1.82, 2.24) is 15.5 Å². The molecule has 2 rings (SSSR count). The van der Waals surface area contributed by atoms with Gasteiger partial charge >= 0.3 is 0 Å². The summed E-state index contributed by atoms with van der Waals surface area (Å²) in [5.41, 5.74) is 1.19. The summed E-state index contributed by atoms with van der Waals surface area (Å²) in [6.07, 6.45) is 0.971. The first kappa shape index (κ1) is 19.0. The molecule has 1 aromatic heterocycles. The molecular weight excluding hydrogens is 336 g/mol. The Morgan fingerprint density at radius 2 is 2.04 bits per heavy atom. The van der Waals surface area contributed by atoms with Gasteiger partial charge in [-0.3, -0.25) is 4.79 Å². The topological polar surface area (TPSA) is 91.8 Å². The summed E-state index contributed by atoms with van der Waals surface area (Å²) in [4.78, 5) is 12.1. The minimum absolute atomic E-state index is 0.00699. The van der Waals surface area contributed by atoms with Gasteiger partial charge < -0.3 is 9.73 Å². The van der Waals surface area contributed by atoms with E-state index in [0.717, 1.165) is 23.7 Å². The van der Waals surface area contributed by atoms with Crippen LogP contribution in [0, 0.1) is 17.2 Å². The number of nitriles is 1. The molecule has 0 saturated carbocycles. The molecule has 0 fully saturated rings. The third kappa shape index (κ3) is 4.83. The van der Waals surface area contributed by atoms with Crippen molar-refractivity contribution in [3.8, 4) is 17.5 Å². The van der Waals surface area contributed by atoms with Gasteiger partial charge in [0.05, 0.1) is 11.8 Å². The van der Waals surface area contributed by atoms with E-state index in [-0.39, 0.29) is 17.6 Å². The van der Waals surface area contributed by atoms with E-state index in [0.29, 0.717) is 11.1 Å². The summed E-state index contributed by atoms with van der Waals surface area (Å²) in [6.45, 7) is 7.60. The fourth-order valence-electron chi connectivity index (χ4n) is 2.02. The molecule has 1 aromatic carbocycles. The minimum atomic E-state index is -0.890. The average molecular weight is 358 g/mol. The van der Waals surface area contributed by atoms with Gasteiger partial charge in [-0.1, -0.05) is 44.7 Å². The van der Waals surface area contributed by atoms with E-state index in [4.69, 9.17) is 4.42 Å². The van der Waals surface area contributed by atoms with Gasteiger partial charge in [-0.25, -0.2) is 0 Å². The molecule has 1 amide bonds. The number of benzene rings is 1. The average Bonchev–Trinajstić information content (AvgIpc) is 3.08. The third-order valence-electron chi connectivity index (χ3n) is 4.13. The van der Waals surface area contributed by atoms with Crippen LogP contribution in [0.3, 0.4) is 0 Å². The van der Waals surface area contributed by atoms with Gasteiger partial charge in [-0.2, -0.15) is 5.26 Å². The first-order chi connectivity index (χ1) is 11.9. The van der Waals surface area contributed by atoms with Gasteiger partial charge in [0.1, 0.15) is 5.54 Å². The molecule has 0 unspecified atom stereocenters. The molecule has 2 aromatic rings. The van der Waals surface area contributed by atoms with Crippen molar-refractivity contribution in [3.63, 3.8) is 0 Å². The Morgan fingerprint density at radius 1 is 1.36 bits per heavy atom. The Labute approximate surface area is 152 Å². The van der Waals surface area contributed by atoms with E-state index in [9.17, 15) is 10.1 Å². The van der Waals surface area contributed by atoms with Crippen LogP contribution in [0.25, 0.3) is 11.5 Å². The summed E-state index contributed by atoms with van der Waals surface area (Å²) in [6, 6.07) is 10.1. The predicted molar refractivity (Wildman–Crippen MR) is 96.8 cm³/mol. The molecular formula is C18H22N4O2S. The molecule has 132 valence electrons. The first-order valence-corrected chi connectivity index (χ1v) is 9.14. The zero-order chi connectivity index (χ0) is 18.4. The second-order valence-electron chi connectivity index (χ2n) is 6.23. The van der Waals surface area contributed by atoms with Crippen molar-refractivity contribution in [2.24, 2.45) is 5.92 Å². The Hall–Kier alpha value is -2.33. The van der Waals surface area contributed by atoms with Crippen LogP contribution < -0.4 is 5.32 Å². The highest BCUT2D eigenvalue weighted by Gasteiger charge is 2.30. The lowest BCUT2D eigenvalue weighted by molar-refractivity contribution is -0.120. The summed E-state index contributed by atoms with van der Waals surface area (Å²) >= 11 is 1.15. The number of carbonyl (C=O) groups excluding carboxylic acids is 1. The molecule has 1 atom stereocenters. The molecule has 7 heteroatoms. The Morgan fingerprint density at radius 3 is 2.60 bits per heavy atom. The van der Waals surface area contributed by atoms with Crippen LogP contribution in [0.4, 0.5) is 0 Å². The van der Waals surface area contributed by atoms with E-state index >= 15 is 0 Å². The Bertz CT molecular complexity index is 764. The zero-order valence-electron chi connectivity index (χ0n) is 14.9. The molecule has 0 spiro atoms. The van der Waals surface area contributed by atoms with Crippen LogP contribution in [0.2, 0.25) is 0 Å². The van der Waals surface area contributed by atoms with Gasteiger partial charge in [0.2, 0.25) is 11.8 Å². The number of thioether (sulfide) groups is 1. The second kappa shape index (κ2) is 8.17. The molecule has 25 heavy (non-hydrogen) atoms. The van der Waals surface area contributed by atoms with E-state index in [1.807, 2.05) is 38.1 Å². The largest absolute Gasteiger partial charge is 0.411 e. The van der Waals surface area contributed by atoms with Crippen LogP contribution in [-0.4, -0.2) is 27.4 Å². The van der Waals surface area contributed by atoms with Crippen LogP contribution in [0.5, 0.6) is 0 Å². The summed E-state index contributed by atoms with van der Waals surface area (Å²) < 4.78 is 5.59. The quantitative estimate of drug-likeness (QED) is 0.762. The van der Waals surface area contributed by atoms with Gasteiger partial charge in [-0.15, -0.1) is 10.2 Å². The van der Waals surface area contributed by atoms with Crippen molar-refractivity contribution in [1.29, 1.82) is 5.26 Å². The number of amides is 1. The number of carbonyl (C=O) groups is 1. The van der Waals surface area contributed by atoms with Gasteiger partial charge in [0.25, 0.3) is 5.22 Å². The van der Waals surface area contributed by atoms with Crippen LogP contribution >= 0.6 is 11.8 Å². The van der Waals surface area contributed by atoms with E-state index in [1.54, 1.807) is 6.92 Å². The highest BCUT2D eigenvalue weighted by Crippen LogP contribution is 2.24. The van der Waals surface area contributed by atoms with Crippen molar-refractivity contribution in [2.45, 2.75) is 44.9 Å². The number of nitrogens with one attached hydrogen (secondary N) is 1. The van der Waals surface area contributed by atoms with E-state index in [1.165, 1.54) is 5.56 Å². The standard InChI is InChI=1S/C18H22N4O2S/c1-5-13-6-8-14(9-7-13)16-21-22-17(24-16)25-10-15(23)20-18(4,11-19)12(2)3/h6-9,12H,5,10H2,1-4H3,(H,20,23)/t18-/m1/s1. The lowest BCUT2D eigenvalue weighted by Crippen LogP contribution is -2.49. The number of hydrogen-bond donors (Lipinski definition) is 1. The Balaban J connectivity index is 1.95. The van der Waals surface area contributed by atoms with Gasteiger partial charge in [0.15, 0.2) is 0 Å². The summed E-state index contributed by atoms with van der Waals surface area (Å²) in [5.74, 6) is 0.303. The number of nitrogens with zero attached hydrogens (tertiary/aromatic N) is 3. The van der Waals surface area contributed by atoms with E-state index in [2.05, 4.69) is 28.5 Å². The molecule has 0 aliphatic rings. The van der Waals surface area contributed by atoms with Crippen molar-refractivity contribution in [3.05, 3.63) is 29.8 Å². The first-order valence-electron chi connectivity index (χ1n) is 8.15. The van der Waals surface area contributed by atoms with Crippen molar-refractivity contribution >= 4 is 17.7 Å². The fourth-order valence-corrected chi connectivity index (χ4v) is 2.59. The summed E-state index contributed by atoms with van der Waals surface area (Å²) in [5, 5.41) is 20.3. The molecule has 1 heterocycles. The fraction of sp³-hybridized carbons (Fsp3) is 0.444. The predicted octanol–water partition coefficient (Wildman–Crippen LogP) is 3.45. The third-order valence-corrected chi connectivity index (χ3v) is 4.95. The van der Waals surface area contributed by atoms with Crippen molar-refractivity contribution < 1.29 is 9.21 Å². The maximum atomic E-state index is 12.1. The minimum Gasteiger partial charge on any atom is -0.411 e. The number of aryl methyl sites for hydroxylation is 1. The zero-order valence-corrected chi connectivity index (χ0v) is 15.7. The Kier molecular flexibility index (Phi) is 6.21. The molecule has 1 N–H and O–H groups in total. The number of rotatable bonds is 7. The van der Waals surface area contributed by atoms with Crippen molar-refractivity contribution in [2.75, 3.05) is 5.75 Å². The normalized spacial score (nSPS) is 13.3. The van der Waals surface area contributed by atoms with Gasteiger partial charge in [0, 0.05) is 5.56 Å². The monoisotopic (exact) mass is 358 g/mol. The van der Waals surface area contributed by atoms with E-state index < -0.39 is 5.54 Å². The lowest BCUT2D eigenvalue weighted by atomic mass is 9.90. The maximum Gasteiger partial charge on any atom is 0.277 e. The molecule has 0 radical (unpaired) electrons. The highest BCUT2D eigenvalue weighted by molar-refractivity contribution is 7.99. The molecule has 0 aliphatic carbocycles. The maximum absolute atomic E-state index is 12.1. The molecule has 0 bridgehead atoms. The highest BCUT2D eigenvalue weighted by atomic mass is 32.2. The molecule has 0 aliphatic heterocycles. The summed E-state index contributed by atoms with van der Waals surface area (Å²) in [7, 11) is 0. The number of hydrogen-bond acceptors (Lipinski definition) is 6. The molecule has 0 saturated heterocycles. The molecule has 6 nitrogen and oxygen atoms in total. The SMILES string of the molecule is CCc1ccc(-c2nnc(SCC(=O)N[C@](C)(C#N)C(C)C)o2)cc1. The van der Waals surface area contributed by atoms with Crippen LogP contribution in [0.15, 0.2) is 33.9 Å². The van der Waals surface area contributed by atoms with Gasteiger partial charge in [-0.05, 0) is 37.0 Å². The smallest absolute Gasteiger partial charge is 0.277 e. The van der Waals surface area contributed by atoms with Crippen LogP contribution in [-0.2, 0) is 11.2 Å². The van der Waals surface area contributed by atoms with Crippen LogP contribution in [0.1, 0.15) is 33.3 Å². The second-order valence-corrected chi connectivity index (χ2v) is 7.16. The number of aromatic nitrogens is 2. The lowest BCUT2D eigenvalue weighted by Gasteiger charge is -2.27.